The first-order valence-corrected chi connectivity index (χ1v) is 6.75. The molecule has 0 aliphatic rings. The Balaban J connectivity index is 2.40. The van der Waals surface area contributed by atoms with Crippen LogP contribution in [0.1, 0.15) is 0 Å². The molecule has 0 radical (unpaired) electrons. The average molecular weight is 257 g/mol. The molecule has 0 aliphatic heterocycles. The van der Waals surface area contributed by atoms with Gasteiger partial charge in [-0.3, -0.25) is 0 Å². The second-order valence-corrected chi connectivity index (χ2v) is 5.76. The number of rotatable bonds is 2. The zero-order chi connectivity index (χ0) is 11.8. The Kier molecular flexibility index (Phi) is 2.73. The van der Waals surface area contributed by atoms with E-state index in [1.165, 1.54) is 6.26 Å². The molecule has 0 spiro atoms. The molecule has 0 saturated heterocycles. The Labute approximate surface area is 98.2 Å². The molecule has 2 rings (SSSR count). The van der Waals surface area contributed by atoms with E-state index in [4.69, 9.17) is 11.6 Å². The first-order chi connectivity index (χ1) is 7.47. The number of hydrogen-bond acceptors (Lipinski definition) is 3. The van der Waals surface area contributed by atoms with Gasteiger partial charge in [0.15, 0.2) is 15.1 Å². The molecule has 84 valence electrons. The fourth-order valence-electron chi connectivity index (χ4n) is 1.33. The van der Waals surface area contributed by atoms with E-state index in [2.05, 4.69) is 9.97 Å². The van der Waals surface area contributed by atoms with Gasteiger partial charge < -0.3 is 4.98 Å². The molecule has 0 bridgehead atoms. The SMILES string of the molecule is CS(=O)(=O)c1ccc(-c2cnc(Cl)[nH]2)cc1. The van der Waals surface area contributed by atoms with E-state index >= 15 is 0 Å². The van der Waals surface area contributed by atoms with E-state index in [0.717, 1.165) is 11.3 Å². The standard InChI is InChI=1S/C10H9ClN2O2S/c1-16(14,15)8-4-2-7(3-5-8)9-6-12-10(11)13-9/h2-6H,1H3,(H,12,13). The van der Waals surface area contributed by atoms with Crippen LogP contribution in [0.25, 0.3) is 11.3 Å². The normalized spacial score (nSPS) is 11.6. The molecular formula is C10H9ClN2O2S. The van der Waals surface area contributed by atoms with Gasteiger partial charge in [-0.2, -0.15) is 0 Å². The van der Waals surface area contributed by atoms with Gasteiger partial charge in [0.05, 0.1) is 16.8 Å². The molecule has 0 unspecified atom stereocenters. The number of nitrogens with zero attached hydrogens (tertiary/aromatic N) is 1. The molecule has 0 amide bonds. The van der Waals surface area contributed by atoms with Crippen molar-refractivity contribution < 1.29 is 8.42 Å². The van der Waals surface area contributed by atoms with Crippen molar-refractivity contribution in [3.05, 3.63) is 35.7 Å². The number of imidazole rings is 1. The summed E-state index contributed by atoms with van der Waals surface area (Å²) in [5, 5.41) is 0.308. The summed E-state index contributed by atoms with van der Waals surface area (Å²) < 4.78 is 22.5. The molecule has 0 atom stereocenters. The summed E-state index contributed by atoms with van der Waals surface area (Å²) in [6.45, 7) is 0. The van der Waals surface area contributed by atoms with Gasteiger partial charge >= 0.3 is 0 Å². The van der Waals surface area contributed by atoms with Crippen LogP contribution in [0.2, 0.25) is 5.28 Å². The van der Waals surface area contributed by atoms with Crippen LogP contribution in [0.5, 0.6) is 0 Å². The number of sulfone groups is 1. The fourth-order valence-corrected chi connectivity index (χ4v) is 2.11. The minimum Gasteiger partial charge on any atom is -0.329 e. The smallest absolute Gasteiger partial charge is 0.200 e. The van der Waals surface area contributed by atoms with Crippen LogP contribution in [0, 0.1) is 0 Å². The highest BCUT2D eigenvalue weighted by Gasteiger charge is 2.07. The maximum Gasteiger partial charge on any atom is 0.200 e. The van der Waals surface area contributed by atoms with E-state index < -0.39 is 9.84 Å². The Morgan fingerprint density at radius 1 is 1.25 bits per heavy atom. The summed E-state index contributed by atoms with van der Waals surface area (Å²) in [7, 11) is -3.15. The van der Waals surface area contributed by atoms with Crippen LogP contribution < -0.4 is 0 Å². The van der Waals surface area contributed by atoms with Crippen molar-refractivity contribution in [2.24, 2.45) is 0 Å². The number of hydrogen-bond donors (Lipinski definition) is 1. The third-order valence-electron chi connectivity index (χ3n) is 2.14. The summed E-state index contributed by atoms with van der Waals surface area (Å²) in [5.74, 6) is 0. The van der Waals surface area contributed by atoms with Gasteiger partial charge in [-0.25, -0.2) is 13.4 Å². The third-order valence-corrected chi connectivity index (χ3v) is 3.46. The second kappa shape index (κ2) is 3.92. The zero-order valence-electron chi connectivity index (χ0n) is 8.44. The largest absolute Gasteiger partial charge is 0.329 e. The van der Waals surface area contributed by atoms with E-state index in [-0.39, 0.29) is 0 Å². The maximum absolute atomic E-state index is 11.2. The van der Waals surface area contributed by atoms with Crippen molar-refractivity contribution in [2.75, 3.05) is 6.26 Å². The Bertz CT molecular complexity index is 602. The molecule has 1 aromatic carbocycles. The Morgan fingerprint density at radius 2 is 1.88 bits per heavy atom. The molecule has 6 heteroatoms. The van der Waals surface area contributed by atoms with E-state index in [9.17, 15) is 8.42 Å². The summed E-state index contributed by atoms with van der Waals surface area (Å²) in [6, 6.07) is 6.53. The molecule has 0 saturated carbocycles. The van der Waals surface area contributed by atoms with Gasteiger partial charge in [-0.05, 0) is 29.3 Å². The first kappa shape index (κ1) is 11.2. The van der Waals surface area contributed by atoms with Crippen molar-refractivity contribution in [2.45, 2.75) is 4.90 Å². The summed E-state index contributed by atoms with van der Waals surface area (Å²) in [4.78, 5) is 7.00. The fraction of sp³-hybridized carbons (Fsp3) is 0.100. The van der Waals surface area contributed by atoms with Crippen LogP contribution >= 0.6 is 11.6 Å². The summed E-state index contributed by atoms with van der Waals surface area (Å²) in [6.07, 6.45) is 2.77. The highest BCUT2D eigenvalue weighted by molar-refractivity contribution is 7.90. The van der Waals surface area contributed by atoms with Crippen LogP contribution in [0.4, 0.5) is 0 Å². The molecular weight excluding hydrogens is 248 g/mol. The van der Waals surface area contributed by atoms with Crippen molar-refractivity contribution in [1.29, 1.82) is 0 Å². The number of halogens is 1. The van der Waals surface area contributed by atoms with Gasteiger partial charge in [0.1, 0.15) is 0 Å². The monoisotopic (exact) mass is 256 g/mol. The molecule has 4 nitrogen and oxygen atoms in total. The number of benzene rings is 1. The van der Waals surface area contributed by atoms with Crippen molar-refractivity contribution in [3.63, 3.8) is 0 Å². The van der Waals surface area contributed by atoms with Gasteiger partial charge in [0.25, 0.3) is 0 Å². The quantitative estimate of drug-likeness (QED) is 0.895. The van der Waals surface area contributed by atoms with Crippen molar-refractivity contribution >= 4 is 21.4 Å². The molecule has 0 aliphatic carbocycles. The van der Waals surface area contributed by atoms with Crippen LogP contribution in [0.3, 0.4) is 0 Å². The highest BCUT2D eigenvalue weighted by Crippen LogP contribution is 2.20. The van der Waals surface area contributed by atoms with Gasteiger partial charge in [0.2, 0.25) is 0 Å². The summed E-state index contributed by atoms with van der Waals surface area (Å²) >= 11 is 5.65. The molecule has 2 aromatic rings. The van der Waals surface area contributed by atoms with E-state index in [1.54, 1.807) is 30.5 Å². The predicted octanol–water partition coefficient (Wildman–Crippen LogP) is 2.13. The van der Waals surface area contributed by atoms with Crippen LogP contribution in [-0.2, 0) is 9.84 Å². The predicted molar refractivity (Wildman–Crippen MR) is 62.1 cm³/mol. The highest BCUT2D eigenvalue weighted by atomic mass is 35.5. The van der Waals surface area contributed by atoms with Crippen LogP contribution in [-0.4, -0.2) is 24.6 Å². The van der Waals surface area contributed by atoms with Gasteiger partial charge in [-0.1, -0.05) is 12.1 Å². The molecule has 1 aromatic heterocycles. The maximum atomic E-state index is 11.2. The first-order valence-electron chi connectivity index (χ1n) is 4.48. The zero-order valence-corrected chi connectivity index (χ0v) is 10.0. The lowest BCUT2D eigenvalue weighted by Gasteiger charge is -2.00. The number of aromatic nitrogens is 2. The third kappa shape index (κ3) is 2.25. The summed E-state index contributed by atoms with van der Waals surface area (Å²) in [5.41, 5.74) is 1.59. The molecule has 1 heterocycles. The van der Waals surface area contributed by atoms with Gasteiger partial charge in [-0.15, -0.1) is 0 Å². The topological polar surface area (TPSA) is 62.8 Å². The van der Waals surface area contributed by atoms with E-state index in [0.29, 0.717) is 10.2 Å². The Morgan fingerprint density at radius 3 is 2.31 bits per heavy atom. The second-order valence-electron chi connectivity index (χ2n) is 3.38. The lowest BCUT2D eigenvalue weighted by atomic mass is 10.2. The average Bonchev–Trinajstić information content (AvgIpc) is 2.64. The molecule has 0 fully saturated rings. The Hall–Kier alpha value is -1.33. The number of aromatic amines is 1. The molecule has 1 N–H and O–H groups in total. The molecule has 16 heavy (non-hydrogen) atoms. The van der Waals surface area contributed by atoms with Crippen molar-refractivity contribution in [1.82, 2.24) is 9.97 Å². The van der Waals surface area contributed by atoms with Gasteiger partial charge in [0, 0.05) is 6.26 Å². The number of H-pyrrole nitrogens is 1. The minimum absolute atomic E-state index is 0.293. The lowest BCUT2D eigenvalue weighted by molar-refractivity contribution is 0.602. The van der Waals surface area contributed by atoms with E-state index in [1.807, 2.05) is 0 Å². The number of nitrogens with one attached hydrogen (secondary N) is 1. The van der Waals surface area contributed by atoms with Crippen molar-refractivity contribution in [3.8, 4) is 11.3 Å². The van der Waals surface area contributed by atoms with Crippen LogP contribution in [0.15, 0.2) is 35.4 Å². The minimum atomic E-state index is -3.15. The lowest BCUT2D eigenvalue weighted by Crippen LogP contribution is -1.96.